The van der Waals surface area contributed by atoms with E-state index in [-0.39, 0.29) is 10.6 Å². The van der Waals surface area contributed by atoms with Crippen molar-refractivity contribution in [3.05, 3.63) is 40.4 Å². The van der Waals surface area contributed by atoms with Gasteiger partial charge in [-0.3, -0.25) is 0 Å². The van der Waals surface area contributed by atoms with Crippen LogP contribution in [0.1, 0.15) is 58.4 Å². The summed E-state index contributed by atoms with van der Waals surface area (Å²) in [6, 6.07) is 5.25. The number of rotatable bonds is 8. The van der Waals surface area contributed by atoms with E-state index in [1.807, 2.05) is 18.0 Å². The first-order valence-corrected chi connectivity index (χ1v) is 14.3. The Morgan fingerprint density at radius 2 is 1.88 bits per heavy atom. The molecule has 1 aromatic carbocycles. The highest BCUT2D eigenvalue weighted by Gasteiger charge is 2.58. The molecule has 2 heterocycles. The number of hydrogen-bond acceptors (Lipinski definition) is 8. The Hall–Kier alpha value is -1.81. The summed E-state index contributed by atoms with van der Waals surface area (Å²) in [6.07, 6.45) is 7.06. The quantitative estimate of drug-likeness (QED) is 0.550. The maximum Gasteiger partial charge on any atom is 0.183 e. The van der Waals surface area contributed by atoms with Crippen LogP contribution in [0.15, 0.2) is 44.9 Å². The van der Waals surface area contributed by atoms with Gasteiger partial charge in [0, 0.05) is 11.1 Å². The predicted octanol–water partition coefficient (Wildman–Crippen LogP) is 4.10. The van der Waals surface area contributed by atoms with Crippen LogP contribution in [0.4, 0.5) is 0 Å². The molecule has 3 N–H and O–H groups in total. The summed E-state index contributed by atoms with van der Waals surface area (Å²) in [4.78, 5) is 0.131. The number of sulfone groups is 1. The summed E-state index contributed by atoms with van der Waals surface area (Å²) in [6.45, 7) is 5.44. The van der Waals surface area contributed by atoms with E-state index in [0.717, 1.165) is 59.0 Å². The Balaban J connectivity index is 1.55. The number of ether oxygens (including phenoxy) is 1. The Morgan fingerprint density at radius 3 is 2.44 bits per heavy atom. The highest BCUT2D eigenvalue weighted by atomic mass is 32.2. The second-order valence-corrected chi connectivity index (χ2v) is 13.6. The second kappa shape index (κ2) is 8.11. The molecular formula is C25H33N3O4S2. The van der Waals surface area contributed by atoms with Crippen LogP contribution < -0.4 is 10.5 Å². The van der Waals surface area contributed by atoms with Crippen molar-refractivity contribution < 1.29 is 18.3 Å². The number of fused-ring (bicyclic) bond motifs is 1. The van der Waals surface area contributed by atoms with Gasteiger partial charge in [-0.2, -0.15) is 5.10 Å². The highest BCUT2D eigenvalue weighted by molar-refractivity contribution is 8.17. The molecule has 0 aromatic heterocycles. The largest absolute Gasteiger partial charge is 0.495 e. The maximum absolute atomic E-state index is 13.3. The van der Waals surface area contributed by atoms with Gasteiger partial charge in [-0.05, 0) is 106 Å². The minimum Gasteiger partial charge on any atom is -0.495 e. The highest BCUT2D eigenvalue weighted by Crippen LogP contribution is 2.57. The molecule has 0 spiro atoms. The van der Waals surface area contributed by atoms with Crippen LogP contribution in [0.5, 0.6) is 5.75 Å². The van der Waals surface area contributed by atoms with Gasteiger partial charge in [-0.15, -0.1) is 0 Å². The van der Waals surface area contributed by atoms with Gasteiger partial charge in [-0.1, -0.05) is 0 Å². The number of methoxy groups -OCH3 is 1. The Labute approximate surface area is 206 Å². The lowest BCUT2D eigenvalue weighted by Crippen LogP contribution is -2.41. The monoisotopic (exact) mass is 503 g/mol. The predicted molar refractivity (Wildman–Crippen MR) is 136 cm³/mol. The molecule has 0 bridgehead atoms. The van der Waals surface area contributed by atoms with Crippen LogP contribution in [-0.4, -0.2) is 47.6 Å². The number of hydrogen-bond donors (Lipinski definition) is 2. The molecule has 2 fully saturated rings. The summed E-state index contributed by atoms with van der Waals surface area (Å²) in [5.74, 6) is 0.688. The number of aliphatic hydroxyl groups is 1. The van der Waals surface area contributed by atoms with Crippen LogP contribution >= 0.6 is 11.8 Å². The summed E-state index contributed by atoms with van der Waals surface area (Å²) in [7, 11) is -2.22. The van der Waals surface area contributed by atoms with Crippen molar-refractivity contribution in [2.45, 2.75) is 68.9 Å². The van der Waals surface area contributed by atoms with E-state index in [2.05, 4.69) is 6.08 Å². The summed E-state index contributed by atoms with van der Waals surface area (Å²) in [5.41, 5.74) is 7.03. The molecule has 0 atom stereocenters. The molecule has 2 aliphatic heterocycles. The van der Waals surface area contributed by atoms with Crippen LogP contribution in [0.2, 0.25) is 0 Å². The number of allylic oxidation sites excluding steroid dienone is 2. The van der Waals surface area contributed by atoms with E-state index in [1.165, 1.54) is 7.11 Å². The van der Waals surface area contributed by atoms with Gasteiger partial charge in [0.25, 0.3) is 0 Å². The topological polar surface area (TPSA) is 105 Å². The first-order chi connectivity index (χ1) is 15.9. The van der Waals surface area contributed by atoms with Crippen molar-refractivity contribution in [2.24, 2.45) is 22.7 Å². The summed E-state index contributed by atoms with van der Waals surface area (Å²) >= 11 is 1.56. The smallest absolute Gasteiger partial charge is 0.183 e. The van der Waals surface area contributed by atoms with Gasteiger partial charge in [0.2, 0.25) is 0 Å². The number of thioether (sulfide) groups is 1. The first-order valence-electron chi connectivity index (χ1n) is 11.8. The van der Waals surface area contributed by atoms with Crippen LogP contribution in [0.25, 0.3) is 5.70 Å². The van der Waals surface area contributed by atoms with Crippen molar-refractivity contribution in [3.63, 3.8) is 0 Å². The van der Waals surface area contributed by atoms with Crippen LogP contribution in [0, 0.1) is 11.8 Å². The van der Waals surface area contributed by atoms with Gasteiger partial charge < -0.3 is 15.6 Å². The average Bonchev–Trinajstić information content (AvgIpc) is 3.67. The van der Waals surface area contributed by atoms with Gasteiger partial charge in [0.1, 0.15) is 26.3 Å². The lowest BCUT2D eigenvalue weighted by atomic mass is 9.93. The molecule has 0 amide bonds. The molecule has 0 radical (unpaired) electrons. The van der Waals surface area contributed by atoms with Gasteiger partial charge in [0.15, 0.2) is 9.84 Å². The van der Waals surface area contributed by atoms with Crippen molar-refractivity contribution in [2.75, 3.05) is 12.9 Å². The number of nitrogens with zero attached hydrogens (tertiary/aromatic N) is 2. The summed E-state index contributed by atoms with van der Waals surface area (Å²) in [5, 5.41) is 20.2. The Bertz CT molecular complexity index is 1210. The molecule has 7 nitrogen and oxygen atoms in total. The SMILES string of the molecule is COc1ccc(C2=C(C)CC=C3SC(C(O)(C4CC4)C4CC4)=NN32)cc1S(=O)(=O)CC(C)(C)N. The minimum absolute atomic E-state index is 0.131. The van der Waals surface area contributed by atoms with Crippen molar-refractivity contribution in [3.8, 4) is 5.75 Å². The number of nitrogens with two attached hydrogens (primary N) is 1. The fourth-order valence-corrected chi connectivity index (χ4v) is 8.11. The van der Waals surface area contributed by atoms with Crippen molar-refractivity contribution >= 4 is 32.3 Å². The normalized spacial score (nSPS) is 21.4. The summed E-state index contributed by atoms with van der Waals surface area (Å²) < 4.78 is 31.9. The lowest BCUT2D eigenvalue weighted by molar-refractivity contribution is 0.0678. The minimum atomic E-state index is -3.69. The molecular weight excluding hydrogens is 470 g/mol. The average molecular weight is 504 g/mol. The molecule has 0 unspecified atom stereocenters. The number of benzene rings is 1. The molecule has 4 aliphatic rings. The lowest BCUT2D eigenvalue weighted by Gasteiger charge is -2.27. The first kappa shape index (κ1) is 23.9. The molecule has 9 heteroatoms. The zero-order valence-corrected chi connectivity index (χ0v) is 21.8. The van der Waals surface area contributed by atoms with Crippen molar-refractivity contribution in [1.29, 1.82) is 0 Å². The standard InChI is InChI=1S/C25H33N3O4S2/c1-15-5-12-21-28(27-23(33-21)25(29,17-7-8-17)18-9-10-18)22(15)16-6-11-19(32-4)20(13-16)34(30,31)14-24(2,3)26/h6,11-13,17-18,29H,5,7-10,14,26H2,1-4H3. The number of hydrazone groups is 1. The van der Waals surface area contributed by atoms with E-state index in [4.69, 9.17) is 15.6 Å². The van der Waals surface area contributed by atoms with E-state index in [1.54, 1.807) is 37.7 Å². The Morgan fingerprint density at radius 1 is 1.24 bits per heavy atom. The Kier molecular flexibility index (Phi) is 5.71. The van der Waals surface area contributed by atoms with E-state index < -0.39 is 21.0 Å². The zero-order chi connectivity index (χ0) is 24.5. The van der Waals surface area contributed by atoms with Crippen molar-refractivity contribution in [1.82, 2.24) is 5.01 Å². The molecule has 2 aliphatic carbocycles. The third kappa shape index (κ3) is 4.21. The third-order valence-electron chi connectivity index (χ3n) is 6.88. The maximum atomic E-state index is 13.3. The molecule has 2 saturated carbocycles. The molecule has 5 rings (SSSR count). The molecule has 34 heavy (non-hydrogen) atoms. The van der Waals surface area contributed by atoms with Gasteiger partial charge >= 0.3 is 0 Å². The van der Waals surface area contributed by atoms with E-state index in [9.17, 15) is 13.5 Å². The van der Waals surface area contributed by atoms with Crippen LogP contribution in [-0.2, 0) is 9.84 Å². The van der Waals surface area contributed by atoms with Gasteiger partial charge in [0.05, 0.1) is 18.6 Å². The van der Waals surface area contributed by atoms with Crippen LogP contribution in [0.3, 0.4) is 0 Å². The molecule has 0 saturated heterocycles. The molecule has 184 valence electrons. The van der Waals surface area contributed by atoms with E-state index >= 15 is 0 Å². The fourth-order valence-electron chi connectivity index (χ4n) is 5.00. The van der Waals surface area contributed by atoms with E-state index in [0.29, 0.717) is 17.6 Å². The fraction of sp³-hybridized carbons (Fsp3) is 0.560. The third-order valence-corrected chi connectivity index (χ3v) is 10.1. The zero-order valence-electron chi connectivity index (χ0n) is 20.2. The van der Waals surface area contributed by atoms with Gasteiger partial charge in [-0.25, -0.2) is 13.4 Å². The second-order valence-electron chi connectivity index (χ2n) is 10.7. The molecule has 1 aromatic rings.